The van der Waals surface area contributed by atoms with Crippen LogP contribution in [0.2, 0.25) is 0 Å². The minimum atomic E-state index is -3.59. The van der Waals surface area contributed by atoms with Gasteiger partial charge in [-0.2, -0.15) is 0 Å². The molecule has 0 radical (unpaired) electrons. The van der Waals surface area contributed by atoms with Gasteiger partial charge in [0, 0.05) is 26.1 Å². The van der Waals surface area contributed by atoms with Crippen molar-refractivity contribution >= 4 is 32.9 Å². The van der Waals surface area contributed by atoms with Gasteiger partial charge in [-0.05, 0) is 31.5 Å². The van der Waals surface area contributed by atoms with Gasteiger partial charge in [0.15, 0.2) is 0 Å². The van der Waals surface area contributed by atoms with Gasteiger partial charge >= 0.3 is 5.97 Å². The maximum absolute atomic E-state index is 12.4. The Bertz CT molecular complexity index is 1070. The Morgan fingerprint density at radius 1 is 1.26 bits per heavy atom. The Morgan fingerprint density at radius 3 is 2.45 bits per heavy atom. The molecule has 2 aromatic rings. The number of esters is 1. The molecule has 9 nitrogen and oxygen atoms in total. The van der Waals surface area contributed by atoms with E-state index in [2.05, 4.69) is 10.3 Å². The van der Waals surface area contributed by atoms with Crippen LogP contribution in [0.5, 0.6) is 0 Å². The molecule has 1 amide bonds. The van der Waals surface area contributed by atoms with Crippen LogP contribution in [0.15, 0.2) is 23.1 Å². The number of hydrogen-bond acceptors (Lipinski definition) is 6. The van der Waals surface area contributed by atoms with E-state index in [1.165, 1.54) is 20.2 Å². The van der Waals surface area contributed by atoms with E-state index in [4.69, 9.17) is 4.74 Å². The number of nitrogens with zero attached hydrogens (tertiary/aromatic N) is 3. The molecule has 0 saturated heterocycles. The number of hydrogen-bond donors (Lipinski definition) is 1. The highest BCUT2D eigenvalue weighted by molar-refractivity contribution is 7.89. The van der Waals surface area contributed by atoms with Gasteiger partial charge in [-0.1, -0.05) is 27.7 Å². The van der Waals surface area contributed by atoms with E-state index < -0.39 is 27.4 Å². The minimum Gasteiger partial charge on any atom is -0.456 e. The Labute approximate surface area is 183 Å². The first-order valence-corrected chi connectivity index (χ1v) is 11.6. The smallest absolute Gasteiger partial charge is 0.328 e. The molecule has 2 rings (SSSR count). The fraction of sp³-hybridized carbons (Fsp3) is 0.571. The lowest BCUT2D eigenvalue weighted by Crippen LogP contribution is -2.44. The van der Waals surface area contributed by atoms with Crippen LogP contribution >= 0.6 is 0 Å². The Morgan fingerprint density at radius 2 is 1.90 bits per heavy atom. The molecule has 1 atom stereocenters. The summed E-state index contributed by atoms with van der Waals surface area (Å²) in [5.74, 6) is -0.299. The van der Waals surface area contributed by atoms with Crippen molar-refractivity contribution in [1.29, 1.82) is 0 Å². The topological polar surface area (TPSA) is 111 Å². The summed E-state index contributed by atoms with van der Waals surface area (Å²) in [6.45, 7) is 9.42. The molecule has 1 unspecified atom stereocenters. The zero-order valence-electron chi connectivity index (χ0n) is 19.2. The van der Waals surface area contributed by atoms with Crippen molar-refractivity contribution in [2.24, 2.45) is 5.41 Å². The number of aromatic nitrogens is 2. The normalized spacial score (nSPS) is 13.4. The third-order valence-electron chi connectivity index (χ3n) is 4.75. The lowest BCUT2D eigenvalue weighted by Gasteiger charge is -2.21. The van der Waals surface area contributed by atoms with Gasteiger partial charge < -0.3 is 14.6 Å². The zero-order chi connectivity index (χ0) is 23.6. The summed E-state index contributed by atoms with van der Waals surface area (Å²) in [6, 6.07) is 3.98. The van der Waals surface area contributed by atoms with Crippen LogP contribution in [0.4, 0.5) is 0 Å². The second kappa shape index (κ2) is 9.35. The fourth-order valence-electron chi connectivity index (χ4n) is 2.85. The van der Waals surface area contributed by atoms with E-state index in [1.807, 2.05) is 11.5 Å². The molecule has 10 heteroatoms. The van der Waals surface area contributed by atoms with Gasteiger partial charge in [-0.25, -0.2) is 22.5 Å². The molecule has 31 heavy (non-hydrogen) atoms. The van der Waals surface area contributed by atoms with E-state index >= 15 is 0 Å². The molecule has 1 aromatic carbocycles. The monoisotopic (exact) mass is 452 g/mol. The summed E-state index contributed by atoms with van der Waals surface area (Å²) in [4.78, 5) is 29.1. The van der Waals surface area contributed by atoms with Crippen molar-refractivity contribution in [3.8, 4) is 0 Å². The number of carbonyl (C=O) groups excluding carboxylic acids is 2. The third kappa shape index (κ3) is 5.62. The number of ether oxygens (including phenoxy) is 1. The van der Waals surface area contributed by atoms with Crippen molar-refractivity contribution in [2.45, 2.75) is 65.1 Å². The average molecular weight is 453 g/mol. The van der Waals surface area contributed by atoms with Crippen molar-refractivity contribution in [3.05, 3.63) is 24.0 Å². The first kappa shape index (κ1) is 24.8. The molecule has 172 valence electrons. The predicted octanol–water partition coefficient (Wildman–Crippen LogP) is 2.29. The molecule has 0 spiro atoms. The number of sulfonamides is 1. The summed E-state index contributed by atoms with van der Waals surface area (Å²) in [5.41, 5.74) is 0.657. The predicted molar refractivity (Wildman–Crippen MR) is 118 cm³/mol. The number of amides is 1. The molecule has 1 heterocycles. The Balaban J connectivity index is 2.25. The molecule has 0 bridgehead atoms. The van der Waals surface area contributed by atoms with E-state index in [9.17, 15) is 18.0 Å². The maximum Gasteiger partial charge on any atom is 0.328 e. The number of benzene rings is 1. The number of rotatable bonds is 8. The van der Waals surface area contributed by atoms with Crippen LogP contribution in [0.3, 0.4) is 0 Å². The van der Waals surface area contributed by atoms with Gasteiger partial charge in [-0.15, -0.1) is 0 Å². The lowest BCUT2D eigenvalue weighted by atomic mass is 9.95. The number of nitrogens with one attached hydrogen (secondary N) is 1. The van der Waals surface area contributed by atoms with E-state index in [0.717, 1.165) is 16.2 Å². The van der Waals surface area contributed by atoms with Crippen molar-refractivity contribution < 1.29 is 22.7 Å². The lowest BCUT2D eigenvalue weighted by molar-refractivity contribution is -0.149. The molecule has 0 saturated carbocycles. The van der Waals surface area contributed by atoms with Crippen molar-refractivity contribution in [1.82, 2.24) is 19.2 Å². The molecule has 0 aliphatic heterocycles. The first-order valence-electron chi connectivity index (χ1n) is 10.2. The largest absolute Gasteiger partial charge is 0.456 e. The van der Waals surface area contributed by atoms with Crippen LogP contribution in [-0.4, -0.2) is 54.3 Å². The minimum absolute atomic E-state index is 0.0843. The molecular formula is C21H32N4O5S. The summed E-state index contributed by atoms with van der Waals surface area (Å²) >= 11 is 0. The van der Waals surface area contributed by atoms with Gasteiger partial charge in [-0.3, -0.25) is 4.79 Å². The van der Waals surface area contributed by atoms with Crippen LogP contribution in [0.25, 0.3) is 11.0 Å². The second-order valence-corrected chi connectivity index (χ2v) is 10.8. The van der Waals surface area contributed by atoms with Crippen LogP contribution < -0.4 is 5.32 Å². The van der Waals surface area contributed by atoms with E-state index in [-0.39, 0.29) is 17.4 Å². The Hall–Kier alpha value is -2.46. The SMILES string of the molecule is CCCn1c(COC(=O)C(C)NC(=O)C(C)(C)C)nc2cc(S(=O)(=O)N(C)C)ccc21. The summed E-state index contributed by atoms with van der Waals surface area (Å²) < 4.78 is 33.3. The summed E-state index contributed by atoms with van der Waals surface area (Å²) in [5, 5.41) is 2.64. The molecule has 0 aliphatic carbocycles. The average Bonchev–Trinajstić information content (AvgIpc) is 3.02. The third-order valence-corrected chi connectivity index (χ3v) is 6.56. The molecular weight excluding hydrogens is 420 g/mol. The summed E-state index contributed by atoms with van der Waals surface area (Å²) in [7, 11) is -0.643. The Kier molecular flexibility index (Phi) is 7.48. The van der Waals surface area contributed by atoms with E-state index in [0.29, 0.717) is 17.9 Å². The zero-order valence-corrected chi connectivity index (χ0v) is 20.0. The van der Waals surface area contributed by atoms with Gasteiger partial charge in [0.2, 0.25) is 15.9 Å². The summed E-state index contributed by atoms with van der Waals surface area (Å²) in [6.07, 6.45) is 0.822. The van der Waals surface area contributed by atoms with Gasteiger partial charge in [0.1, 0.15) is 18.5 Å². The number of carbonyl (C=O) groups is 2. The molecule has 0 aliphatic rings. The van der Waals surface area contributed by atoms with Crippen LogP contribution in [0.1, 0.15) is 46.9 Å². The van der Waals surface area contributed by atoms with Crippen molar-refractivity contribution in [2.75, 3.05) is 14.1 Å². The number of fused-ring (bicyclic) bond motifs is 1. The van der Waals surface area contributed by atoms with Gasteiger partial charge in [0.05, 0.1) is 15.9 Å². The quantitative estimate of drug-likeness (QED) is 0.615. The first-order chi connectivity index (χ1) is 14.3. The molecule has 0 fully saturated rings. The second-order valence-electron chi connectivity index (χ2n) is 8.67. The van der Waals surface area contributed by atoms with E-state index in [1.54, 1.807) is 39.8 Å². The molecule has 1 N–H and O–H groups in total. The van der Waals surface area contributed by atoms with Gasteiger partial charge in [0.25, 0.3) is 0 Å². The van der Waals surface area contributed by atoms with Crippen LogP contribution in [0, 0.1) is 5.41 Å². The standard InChI is InChI=1S/C21H32N4O5S/c1-8-11-25-17-10-9-15(31(28,29)24(6)7)12-16(17)23-18(25)13-30-19(26)14(2)22-20(27)21(3,4)5/h9-10,12,14H,8,11,13H2,1-7H3,(H,22,27). The maximum atomic E-state index is 12.4. The highest BCUT2D eigenvalue weighted by Gasteiger charge is 2.26. The van der Waals surface area contributed by atoms with Crippen LogP contribution in [-0.2, 0) is 37.5 Å². The van der Waals surface area contributed by atoms with Crippen molar-refractivity contribution in [3.63, 3.8) is 0 Å². The fourth-order valence-corrected chi connectivity index (χ4v) is 3.77. The number of imidazole rings is 1. The molecule has 1 aromatic heterocycles. The number of aryl methyl sites for hydroxylation is 1. The highest BCUT2D eigenvalue weighted by Crippen LogP contribution is 2.23. The highest BCUT2D eigenvalue weighted by atomic mass is 32.2.